The predicted molar refractivity (Wildman–Crippen MR) is 62.9 cm³/mol. The van der Waals surface area contributed by atoms with E-state index in [2.05, 4.69) is 0 Å². The third-order valence-corrected chi connectivity index (χ3v) is 4.76. The molecule has 0 radical (unpaired) electrons. The first kappa shape index (κ1) is 13.2. The summed E-state index contributed by atoms with van der Waals surface area (Å²) >= 11 is 5.49. The van der Waals surface area contributed by atoms with Crippen molar-refractivity contribution in [2.24, 2.45) is 23.5 Å². The summed E-state index contributed by atoms with van der Waals surface area (Å²) in [5, 5.41) is -0.596. The van der Waals surface area contributed by atoms with Crippen LogP contribution in [0.4, 0.5) is 17.6 Å². The molecule has 4 atom stereocenters. The van der Waals surface area contributed by atoms with Crippen LogP contribution in [0.5, 0.6) is 0 Å². The van der Waals surface area contributed by atoms with Crippen molar-refractivity contribution in [3.8, 4) is 0 Å². The third-order valence-electron chi connectivity index (χ3n) is 4.41. The number of nitrogens with two attached hydrogens (primary N) is 1. The average Bonchev–Trinajstić information content (AvgIpc) is 2.77. The molecule has 104 valence electrons. The lowest BCUT2D eigenvalue weighted by Crippen LogP contribution is -2.24. The van der Waals surface area contributed by atoms with E-state index in [4.69, 9.17) is 17.3 Å². The molecular formula is C13H12ClF4N. The zero-order valence-corrected chi connectivity index (χ0v) is 10.6. The molecule has 19 heavy (non-hydrogen) atoms. The van der Waals surface area contributed by atoms with Gasteiger partial charge in [-0.05, 0) is 24.8 Å². The van der Waals surface area contributed by atoms with Gasteiger partial charge in [-0.1, -0.05) is 17.7 Å². The van der Waals surface area contributed by atoms with E-state index in [1.165, 1.54) is 6.07 Å². The molecule has 1 aromatic rings. The van der Waals surface area contributed by atoms with Crippen molar-refractivity contribution in [3.63, 3.8) is 0 Å². The summed E-state index contributed by atoms with van der Waals surface area (Å²) in [5.41, 5.74) is 6.02. The van der Waals surface area contributed by atoms with Crippen molar-refractivity contribution in [1.82, 2.24) is 0 Å². The highest BCUT2D eigenvalue weighted by Crippen LogP contribution is 2.67. The molecule has 0 spiro atoms. The molecule has 2 N–H and O–H groups in total. The summed E-state index contributed by atoms with van der Waals surface area (Å²) in [6, 6.07) is 1.57. The minimum Gasteiger partial charge on any atom is -0.324 e. The maximum absolute atomic E-state index is 13.8. The Morgan fingerprint density at radius 3 is 2.37 bits per heavy atom. The van der Waals surface area contributed by atoms with E-state index in [0.717, 1.165) is 6.07 Å². The molecule has 3 rings (SSSR count). The van der Waals surface area contributed by atoms with Gasteiger partial charge >= 0.3 is 0 Å². The van der Waals surface area contributed by atoms with E-state index >= 15 is 0 Å². The van der Waals surface area contributed by atoms with Crippen LogP contribution in [-0.2, 0) is 0 Å². The van der Waals surface area contributed by atoms with Crippen LogP contribution in [0, 0.1) is 29.4 Å². The topological polar surface area (TPSA) is 26.0 Å². The Kier molecular flexibility index (Phi) is 2.84. The van der Waals surface area contributed by atoms with Crippen LogP contribution < -0.4 is 5.73 Å². The van der Waals surface area contributed by atoms with Crippen LogP contribution >= 0.6 is 11.6 Å². The number of rotatable bonds is 2. The van der Waals surface area contributed by atoms with Crippen molar-refractivity contribution in [3.05, 3.63) is 34.4 Å². The van der Waals surface area contributed by atoms with Crippen LogP contribution in [0.15, 0.2) is 12.1 Å². The minimum absolute atomic E-state index is 0.0982. The fourth-order valence-corrected chi connectivity index (χ4v) is 3.37. The van der Waals surface area contributed by atoms with E-state index in [-0.39, 0.29) is 24.3 Å². The van der Waals surface area contributed by atoms with E-state index < -0.39 is 40.5 Å². The Morgan fingerprint density at radius 2 is 1.79 bits per heavy atom. The molecule has 1 unspecified atom stereocenters. The van der Waals surface area contributed by atoms with Crippen LogP contribution in [0.1, 0.15) is 24.4 Å². The van der Waals surface area contributed by atoms with Gasteiger partial charge in [0.05, 0.1) is 0 Å². The molecule has 6 heteroatoms. The van der Waals surface area contributed by atoms with Crippen molar-refractivity contribution in [2.75, 3.05) is 0 Å². The molecule has 2 aliphatic rings. The number of benzene rings is 1. The molecule has 2 fully saturated rings. The van der Waals surface area contributed by atoms with Crippen LogP contribution in [0.25, 0.3) is 0 Å². The molecule has 1 nitrogen and oxygen atoms in total. The quantitative estimate of drug-likeness (QED) is 0.649. The standard InChI is InChI=1S/C13H12ClF4N/c14-10-9(15)2-1-6(11(10)16)12(19)5-3-7-8(4-5)13(7,17)18/h1-2,5,7-8,12H,3-4,19H2/t5-,7-,8+,12?. The smallest absolute Gasteiger partial charge is 0.254 e. The number of hydrogen-bond acceptors (Lipinski definition) is 1. The molecule has 0 aliphatic heterocycles. The zero-order chi connectivity index (χ0) is 13.9. The van der Waals surface area contributed by atoms with Gasteiger partial charge in [0.25, 0.3) is 5.92 Å². The fourth-order valence-electron chi connectivity index (χ4n) is 3.20. The van der Waals surface area contributed by atoms with Gasteiger partial charge in [-0.15, -0.1) is 0 Å². The number of fused-ring (bicyclic) bond motifs is 1. The van der Waals surface area contributed by atoms with Crippen molar-refractivity contribution in [1.29, 1.82) is 0 Å². The maximum atomic E-state index is 13.8. The average molecular weight is 294 g/mol. The van der Waals surface area contributed by atoms with Gasteiger partial charge in [-0.3, -0.25) is 0 Å². The first-order valence-electron chi connectivity index (χ1n) is 6.10. The van der Waals surface area contributed by atoms with Gasteiger partial charge in [0.15, 0.2) is 0 Å². The number of halogens is 5. The monoisotopic (exact) mass is 293 g/mol. The first-order valence-corrected chi connectivity index (χ1v) is 6.48. The molecule has 0 aromatic heterocycles. The second kappa shape index (κ2) is 4.09. The fraction of sp³-hybridized carbons (Fsp3) is 0.538. The molecule has 1 aromatic carbocycles. The molecule has 0 heterocycles. The number of alkyl halides is 2. The third kappa shape index (κ3) is 1.86. The second-order valence-corrected chi connectivity index (χ2v) is 5.79. The molecule has 2 saturated carbocycles. The second-order valence-electron chi connectivity index (χ2n) is 5.41. The van der Waals surface area contributed by atoms with Gasteiger partial charge < -0.3 is 5.73 Å². The summed E-state index contributed by atoms with van der Waals surface area (Å²) in [6.45, 7) is 0. The first-order chi connectivity index (χ1) is 8.84. The predicted octanol–water partition coefficient (Wildman–Crippen LogP) is 3.91. The van der Waals surface area contributed by atoms with Gasteiger partial charge in [-0.2, -0.15) is 0 Å². The highest BCUT2D eigenvalue weighted by molar-refractivity contribution is 6.30. The summed E-state index contributed by atoms with van der Waals surface area (Å²) in [5.74, 6) is -5.76. The Balaban J connectivity index is 1.79. The molecule has 2 aliphatic carbocycles. The Hall–Kier alpha value is -0.810. The Morgan fingerprint density at radius 1 is 1.21 bits per heavy atom. The Bertz CT molecular complexity index is 520. The summed E-state index contributed by atoms with van der Waals surface area (Å²) in [4.78, 5) is 0. The summed E-state index contributed by atoms with van der Waals surface area (Å²) in [6.07, 6.45) is 0.570. The normalized spacial score (nSPS) is 33.1. The summed E-state index contributed by atoms with van der Waals surface area (Å²) in [7, 11) is 0. The van der Waals surface area contributed by atoms with E-state index in [9.17, 15) is 17.6 Å². The number of hydrogen-bond donors (Lipinski definition) is 1. The van der Waals surface area contributed by atoms with Crippen LogP contribution in [-0.4, -0.2) is 5.92 Å². The zero-order valence-electron chi connectivity index (χ0n) is 9.85. The highest BCUT2D eigenvalue weighted by atomic mass is 35.5. The van der Waals surface area contributed by atoms with Crippen LogP contribution in [0.2, 0.25) is 5.02 Å². The summed E-state index contributed by atoms with van der Waals surface area (Å²) < 4.78 is 53.1. The van der Waals surface area contributed by atoms with Gasteiger partial charge in [-0.25, -0.2) is 17.6 Å². The van der Waals surface area contributed by atoms with E-state index in [0.29, 0.717) is 0 Å². The lowest BCUT2D eigenvalue weighted by Gasteiger charge is -2.23. The molecule has 0 bridgehead atoms. The van der Waals surface area contributed by atoms with Gasteiger partial charge in [0.2, 0.25) is 0 Å². The lowest BCUT2D eigenvalue weighted by molar-refractivity contribution is 0.0611. The maximum Gasteiger partial charge on any atom is 0.254 e. The highest BCUT2D eigenvalue weighted by Gasteiger charge is 2.71. The SMILES string of the molecule is NC(c1ccc(F)c(Cl)c1F)[C@@H]1C[C@@H]2[C@H](C1)C2(F)F. The van der Waals surface area contributed by atoms with E-state index in [1.54, 1.807) is 0 Å². The van der Waals surface area contributed by atoms with E-state index in [1.807, 2.05) is 0 Å². The minimum atomic E-state index is -2.57. The van der Waals surface area contributed by atoms with Crippen molar-refractivity contribution < 1.29 is 17.6 Å². The lowest BCUT2D eigenvalue weighted by atomic mass is 9.89. The van der Waals surface area contributed by atoms with Crippen molar-refractivity contribution in [2.45, 2.75) is 24.8 Å². The molecular weight excluding hydrogens is 282 g/mol. The van der Waals surface area contributed by atoms with Gasteiger partial charge in [0, 0.05) is 23.4 Å². The molecule has 0 amide bonds. The van der Waals surface area contributed by atoms with Gasteiger partial charge in [0.1, 0.15) is 16.7 Å². The largest absolute Gasteiger partial charge is 0.324 e. The molecule has 0 saturated heterocycles. The Labute approximate surface area is 112 Å². The van der Waals surface area contributed by atoms with Crippen molar-refractivity contribution >= 4 is 11.6 Å². The van der Waals surface area contributed by atoms with Crippen LogP contribution in [0.3, 0.4) is 0 Å².